The van der Waals surface area contributed by atoms with Crippen LogP contribution in [0.4, 0.5) is 0 Å². The molecule has 0 heterocycles. The number of hydrogen-bond acceptors (Lipinski definition) is 6. The summed E-state index contributed by atoms with van der Waals surface area (Å²) in [5.74, 6) is -1.12. The molecule has 1 rings (SSSR count). The van der Waals surface area contributed by atoms with Crippen LogP contribution in [0.3, 0.4) is 0 Å². The molecule has 1 aromatic carbocycles. The topological polar surface area (TPSA) is 90.9 Å². The Hall–Kier alpha value is -2.28. The van der Waals surface area contributed by atoms with E-state index in [0.29, 0.717) is 10.8 Å². The molecule has 150 valence electrons. The number of amides is 1. The van der Waals surface area contributed by atoms with Gasteiger partial charge in [-0.3, -0.25) is 9.59 Å². The molecule has 0 aliphatic carbocycles. The second kappa shape index (κ2) is 10.8. The maximum absolute atomic E-state index is 12.6. The Morgan fingerprint density at radius 3 is 2.22 bits per heavy atom. The van der Waals surface area contributed by atoms with Crippen molar-refractivity contribution in [2.75, 3.05) is 13.2 Å². The first-order valence-electron chi connectivity index (χ1n) is 8.77. The fraction of sp³-hybridized carbons (Fsp3) is 0.526. The Labute approximate surface area is 164 Å². The van der Waals surface area contributed by atoms with E-state index in [1.54, 1.807) is 52.0 Å². The standard InChI is InChI=1S/C19H26ClNO6/c1-5-25-16(22)12-11-15(17(23)26-6-2)21-18(24)19(3,4)27-14-9-7-13(20)8-10-14/h7-10,15H,5-6,11-12H2,1-4H3,(H,21,24)/t15-/m1/s1. The van der Waals surface area contributed by atoms with Crippen LogP contribution in [0, 0.1) is 0 Å². The lowest BCUT2D eigenvalue weighted by Crippen LogP contribution is -2.52. The van der Waals surface area contributed by atoms with E-state index in [2.05, 4.69) is 5.32 Å². The third-order valence-corrected chi connectivity index (χ3v) is 3.80. The van der Waals surface area contributed by atoms with Crippen LogP contribution in [0.25, 0.3) is 0 Å². The molecule has 0 aliphatic rings. The van der Waals surface area contributed by atoms with Crippen LogP contribution in [0.5, 0.6) is 5.75 Å². The van der Waals surface area contributed by atoms with E-state index in [1.165, 1.54) is 0 Å². The van der Waals surface area contributed by atoms with Gasteiger partial charge in [0.2, 0.25) is 0 Å². The molecule has 1 aromatic rings. The van der Waals surface area contributed by atoms with Crippen LogP contribution < -0.4 is 10.1 Å². The molecule has 8 heteroatoms. The summed E-state index contributed by atoms with van der Waals surface area (Å²) >= 11 is 5.84. The highest BCUT2D eigenvalue weighted by Gasteiger charge is 2.34. The van der Waals surface area contributed by atoms with Crippen LogP contribution in [-0.2, 0) is 23.9 Å². The van der Waals surface area contributed by atoms with Crippen molar-refractivity contribution in [3.05, 3.63) is 29.3 Å². The van der Waals surface area contributed by atoms with Gasteiger partial charge in [0, 0.05) is 11.4 Å². The predicted molar refractivity (Wildman–Crippen MR) is 101 cm³/mol. The highest BCUT2D eigenvalue weighted by Crippen LogP contribution is 2.21. The molecule has 0 spiro atoms. The van der Waals surface area contributed by atoms with Gasteiger partial charge in [-0.25, -0.2) is 4.79 Å². The molecule has 0 fully saturated rings. The predicted octanol–water partition coefficient (Wildman–Crippen LogP) is 2.89. The van der Waals surface area contributed by atoms with Gasteiger partial charge in [-0.1, -0.05) is 11.6 Å². The van der Waals surface area contributed by atoms with E-state index in [4.69, 9.17) is 25.8 Å². The minimum Gasteiger partial charge on any atom is -0.478 e. The van der Waals surface area contributed by atoms with Gasteiger partial charge < -0.3 is 19.5 Å². The van der Waals surface area contributed by atoms with E-state index in [9.17, 15) is 14.4 Å². The van der Waals surface area contributed by atoms with Gasteiger partial charge >= 0.3 is 11.9 Å². The third-order valence-electron chi connectivity index (χ3n) is 3.55. The highest BCUT2D eigenvalue weighted by molar-refractivity contribution is 6.30. The lowest BCUT2D eigenvalue weighted by molar-refractivity contribution is -0.150. The number of rotatable bonds is 10. The molecule has 0 aliphatic heterocycles. The zero-order valence-corrected chi connectivity index (χ0v) is 16.8. The van der Waals surface area contributed by atoms with Crippen molar-refractivity contribution < 1.29 is 28.6 Å². The molecule has 0 saturated heterocycles. The van der Waals surface area contributed by atoms with Gasteiger partial charge in [-0.15, -0.1) is 0 Å². The summed E-state index contributed by atoms with van der Waals surface area (Å²) in [6.07, 6.45) is 0.0521. The SMILES string of the molecule is CCOC(=O)CC[C@@H](NC(=O)C(C)(C)Oc1ccc(Cl)cc1)C(=O)OCC. The van der Waals surface area contributed by atoms with E-state index in [1.807, 2.05) is 0 Å². The van der Waals surface area contributed by atoms with Crippen molar-refractivity contribution >= 4 is 29.4 Å². The number of ether oxygens (including phenoxy) is 3. The summed E-state index contributed by atoms with van der Waals surface area (Å²) in [4.78, 5) is 36.3. The zero-order valence-electron chi connectivity index (χ0n) is 16.0. The smallest absolute Gasteiger partial charge is 0.328 e. The Kier molecular flexibility index (Phi) is 9.08. The molecule has 0 unspecified atom stereocenters. The van der Waals surface area contributed by atoms with E-state index >= 15 is 0 Å². The van der Waals surface area contributed by atoms with Gasteiger partial charge in [0.25, 0.3) is 5.91 Å². The molecule has 0 bridgehead atoms. The summed E-state index contributed by atoms with van der Waals surface area (Å²) in [5.41, 5.74) is -1.26. The van der Waals surface area contributed by atoms with Crippen molar-refractivity contribution in [1.82, 2.24) is 5.32 Å². The molecule has 27 heavy (non-hydrogen) atoms. The summed E-state index contributed by atoms with van der Waals surface area (Å²) in [6, 6.07) is 5.59. The summed E-state index contributed by atoms with van der Waals surface area (Å²) in [7, 11) is 0. The maximum Gasteiger partial charge on any atom is 0.328 e. The average molecular weight is 400 g/mol. The first-order chi connectivity index (χ1) is 12.7. The number of carbonyl (C=O) groups excluding carboxylic acids is 3. The normalized spacial score (nSPS) is 12.0. The minimum absolute atomic E-state index is 0.0178. The second-order valence-corrected chi connectivity index (χ2v) is 6.62. The zero-order chi connectivity index (χ0) is 20.4. The Morgan fingerprint density at radius 2 is 1.67 bits per heavy atom. The van der Waals surface area contributed by atoms with Crippen LogP contribution in [0.1, 0.15) is 40.5 Å². The molecule has 7 nitrogen and oxygen atoms in total. The average Bonchev–Trinajstić information content (AvgIpc) is 2.60. The first kappa shape index (κ1) is 22.8. The van der Waals surface area contributed by atoms with Gasteiger partial charge in [0.1, 0.15) is 11.8 Å². The van der Waals surface area contributed by atoms with Gasteiger partial charge in [-0.05, 0) is 58.4 Å². The number of nitrogens with one attached hydrogen (secondary N) is 1. The van der Waals surface area contributed by atoms with Gasteiger partial charge in [0.05, 0.1) is 13.2 Å². The quantitative estimate of drug-likeness (QED) is 0.608. The number of esters is 2. The molecular formula is C19H26ClNO6. The fourth-order valence-electron chi connectivity index (χ4n) is 2.16. The highest BCUT2D eigenvalue weighted by atomic mass is 35.5. The monoisotopic (exact) mass is 399 g/mol. The minimum atomic E-state index is -1.26. The molecule has 0 radical (unpaired) electrons. The van der Waals surface area contributed by atoms with Crippen LogP contribution in [0.15, 0.2) is 24.3 Å². The molecular weight excluding hydrogens is 374 g/mol. The number of carbonyl (C=O) groups is 3. The van der Waals surface area contributed by atoms with Crippen LogP contribution >= 0.6 is 11.6 Å². The second-order valence-electron chi connectivity index (χ2n) is 6.19. The Balaban J connectivity index is 2.78. The maximum atomic E-state index is 12.6. The summed E-state index contributed by atoms with van der Waals surface area (Å²) < 4.78 is 15.5. The van der Waals surface area contributed by atoms with Crippen molar-refractivity contribution in [1.29, 1.82) is 0 Å². The Bertz CT molecular complexity index is 644. The van der Waals surface area contributed by atoms with Gasteiger partial charge in [-0.2, -0.15) is 0 Å². The number of hydrogen-bond donors (Lipinski definition) is 1. The van der Waals surface area contributed by atoms with E-state index < -0.39 is 29.5 Å². The molecule has 1 amide bonds. The number of benzene rings is 1. The van der Waals surface area contributed by atoms with Crippen molar-refractivity contribution in [2.24, 2.45) is 0 Å². The van der Waals surface area contributed by atoms with Crippen molar-refractivity contribution in [3.63, 3.8) is 0 Å². The lowest BCUT2D eigenvalue weighted by atomic mass is 10.1. The van der Waals surface area contributed by atoms with E-state index in [-0.39, 0.29) is 26.1 Å². The summed E-state index contributed by atoms with van der Waals surface area (Å²) in [6.45, 7) is 6.91. The lowest BCUT2D eigenvalue weighted by Gasteiger charge is -2.27. The van der Waals surface area contributed by atoms with Crippen molar-refractivity contribution in [2.45, 2.75) is 52.2 Å². The molecule has 1 atom stereocenters. The van der Waals surface area contributed by atoms with E-state index in [0.717, 1.165) is 0 Å². The van der Waals surface area contributed by atoms with Crippen molar-refractivity contribution in [3.8, 4) is 5.75 Å². The molecule has 0 aromatic heterocycles. The Morgan fingerprint density at radius 1 is 1.07 bits per heavy atom. The fourth-order valence-corrected chi connectivity index (χ4v) is 2.29. The molecule has 1 N–H and O–H groups in total. The largest absolute Gasteiger partial charge is 0.478 e. The van der Waals surface area contributed by atoms with Crippen LogP contribution in [0.2, 0.25) is 5.02 Å². The van der Waals surface area contributed by atoms with Gasteiger partial charge in [0.15, 0.2) is 5.60 Å². The molecule has 0 saturated carbocycles. The van der Waals surface area contributed by atoms with Crippen LogP contribution in [-0.4, -0.2) is 42.7 Å². The number of halogens is 1. The first-order valence-corrected chi connectivity index (χ1v) is 9.15. The summed E-state index contributed by atoms with van der Waals surface area (Å²) in [5, 5.41) is 3.15. The third kappa shape index (κ3) is 7.86.